The summed E-state index contributed by atoms with van der Waals surface area (Å²) in [6, 6.07) is 5.26. The van der Waals surface area contributed by atoms with Crippen molar-refractivity contribution in [1.29, 1.82) is 0 Å². The van der Waals surface area contributed by atoms with E-state index in [2.05, 4.69) is 24.7 Å². The molecule has 2 heterocycles. The van der Waals surface area contributed by atoms with Gasteiger partial charge < -0.3 is 9.72 Å². The number of H-pyrrole nitrogens is 1. The Morgan fingerprint density at radius 3 is 2.42 bits per heavy atom. The van der Waals surface area contributed by atoms with Crippen molar-refractivity contribution in [2.45, 2.75) is 32.0 Å². The number of benzene rings is 1. The molecule has 0 spiro atoms. The number of hydrogen-bond acceptors (Lipinski definition) is 6. The molecule has 0 fully saturated rings. The second kappa shape index (κ2) is 8.25. The number of nitrogens with one attached hydrogen (secondary N) is 1. The summed E-state index contributed by atoms with van der Waals surface area (Å²) >= 11 is 0. The molecule has 0 unspecified atom stereocenters. The molecule has 0 atom stereocenters. The number of aromatic nitrogens is 4. The first-order valence-corrected chi connectivity index (χ1v) is 8.92. The van der Waals surface area contributed by atoms with E-state index in [0.717, 1.165) is 18.2 Å². The van der Waals surface area contributed by atoms with Gasteiger partial charge in [-0.25, -0.2) is 19.3 Å². The number of carbonyl (C=O) groups is 1. The molecule has 3 aromatic rings. The lowest BCUT2D eigenvalue weighted by molar-refractivity contribution is -0.274. The lowest BCUT2D eigenvalue weighted by Gasteiger charge is -2.25. The molecule has 7 nitrogen and oxygen atoms in total. The molecule has 1 aromatic carbocycles. The van der Waals surface area contributed by atoms with Crippen LogP contribution >= 0.6 is 0 Å². The topological polar surface area (TPSA) is 97.8 Å². The molecular formula is C20H16F4N4O3. The predicted molar refractivity (Wildman–Crippen MR) is 101 cm³/mol. The third-order valence-electron chi connectivity index (χ3n) is 4.31. The van der Waals surface area contributed by atoms with Crippen LogP contribution in [0.5, 0.6) is 5.75 Å². The third-order valence-corrected chi connectivity index (χ3v) is 4.31. The van der Waals surface area contributed by atoms with Gasteiger partial charge in [-0.2, -0.15) is 0 Å². The van der Waals surface area contributed by atoms with Gasteiger partial charge in [0, 0.05) is 30.9 Å². The van der Waals surface area contributed by atoms with Gasteiger partial charge in [-0.05, 0) is 23.1 Å². The highest BCUT2D eigenvalue weighted by molar-refractivity contribution is 5.95. The summed E-state index contributed by atoms with van der Waals surface area (Å²) in [6.45, 7) is 3.09. The Balaban J connectivity index is 1.86. The Morgan fingerprint density at radius 2 is 1.81 bits per heavy atom. The number of nitrogens with zero attached hydrogens (tertiary/aromatic N) is 3. The summed E-state index contributed by atoms with van der Waals surface area (Å²) < 4.78 is 55.1. The standard InChI is InChI=1S/C20H16F4N4O3/c1-19(2,12-5-4-11(8-13(12)21)31-20(22,23)24)10-15(29)14-9-16(30)28-18(27-14)17-25-6-3-7-26-17/h3-9H,10H2,1-2H3,(H,27,28,30). The third kappa shape index (κ3) is 5.50. The van der Waals surface area contributed by atoms with E-state index in [4.69, 9.17) is 0 Å². The molecule has 0 saturated heterocycles. The van der Waals surface area contributed by atoms with Crippen molar-refractivity contribution in [3.8, 4) is 17.4 Å². The first-order valence-electron chi connectivity index (χ1n) is 8.92. The normalized spacial score (nSPS) is 11.9. The van der Waals surface area contributed by atoms with Crippen LogP contribution < -0.4 is 10.3 Å². The summed E-state index contributed by atoms with van der Waals surface area (Å²) in [7, 11) is 0. The smallest absolute Gasteiger partial charge is 0.406 e. The Hall–Kier alpha value is -3.63. The molecule has 0 amide bonds. The molecule has 0 saturated carbocycles. The van der Waals surface area contributed by atoms with E-state index in [1.165, 1.54) is 12.4 Å². The molecule has 0 bridgehead atoms. The molecule has 0 aliphatic heterocycles. The van der Waals surface area contributed by atoms with E-state index in [-0.39, 0.29) is 29.3 Å². The Labute approximate surface area is 173 Å². The van der Waals surface area contributed by atoms with Gasteiger partial charge in [0.1, 0.15) is 17.3 Å². The minimum absolute atomic E-state index is 0.00547. The number of ketones is 1. The van der Waals surface area contributed by atoms with E-state index in [0.29, 0.717) is 6.07 Å². The summed E-state index contributed by atoms with van der Waals surface area (Å²) in [5.74, 6) is -2.13. The van der Waals surface area contributed by atoms with Gasteiger partial charge in [0.05, 0.1) is 0 Å². The zero-order valence-corrected chi connectivity index (χ0v) is 16.3. The van der Waals surface area contributed by atoms with Crippen molar-refractivity contribution >= 4 is 5.78 Å². The number of Topliss-reactive ketones (excluding diaryl/α,β-unsaturated/α-hetero) is 1. The molecule has 0 aliphatic carbocycles. The second-order valence-electron chi connectivity index (χ2n) is 7.22. The first kappa shape index (κ1) is 22.1. The molecule has 3 rings (SSSR count). The van der Waals surface area contributed by atoms with Crippen molar-refractivity contribution in [2.75, 3.05) is 0 Å². The van der Waals surface area contributed by atoms with Crippen LogP contribution in [0.25, 0.3) is 11.6 Å². The maximum Gasteiger partial charge on any atom is 0.573 e. The van der Waals surface area contributed by atoms with Gasteiger partial charge in [-0.15, -0.1) is 13.2 Å². The van der Waals surface area contributed by atoms with Crippen molar-refractivity contribution in [3.05, 3.63) is 70.2 Å². The summed E-state index contributed by atoms with van der Waals surface area (Å²) in [5, 5.41) is 0. The fourth-order valence-electron chi connectivity index (χ4n) is 2.96. The van der Waals surface area contributed by atoms with Gasteiger partial charge in [0.25, 0.3) is 5.56 Å². The lowest BCUT2D eigenvalue weighted by Crippen LogP contribution is -2.25. The monoisotopic (exact) mass is 436 g/mol. The molecule has 162 valence electrons. The zero-order chi connectivity index (χ0) is 22.8. The molecule has 0 aliphatic rings. The van der Waals surface area contributed by atoms with Crippen LogP contribution in [0.2, 0.25) is 0 Å². The number of rotatable bonds is 6. The first-order chi connectivity index (χ1) is 14.4. The van der Waals surface area contributed by atoms with Crippen molar-refractivity contribution in [1.82, 2.24) is 19.9 Å². The number of halogens is 4. The van der Waals surface area contributed by atoms with Gasteiger partial charge >= 0.3 is 6.36 Å². The Bertz CT molecular complexity index is 1160. The summed E-state index contributed by atoms with van der Waals surface area (Å²) in [4.78, 5) is 39.2. The number of alkyl halides is 3. The maximum atomic E-state index is 14.5. The molecule has 11 heteroatoms. The average Bonchev–Trinajstić information content (AvgIpc) is 2.66. The van der Waals surface area contributed by atoms with Crippen LogP contribution in [0.1, 0.15) is 36.3 Å². The van der Waals surface area contributed by atoms with E-state index < -0.39 is 34.7 Å². The van der Waals surface area contributed by atoms with Crippen molar-refractivity contribution in [3.63, 3.8) is 0 Å². The fourth-order valence-corrected chi connectivity index (χ4v) is 2.96. The van der Waals surface area contributed by atoms with Crippen LogP contribution in [0, 0.1) is 5.82 Å². The lowest BCUT2D eigenvalue weighted by atomic mass is 9.79. The summed E-state index contributed by atoms with van der Waals surface area (Å²) in [5.41, 5.74) is -1.88. The van der Waals surface area contributed by atoms with Crippen LogP contribution in [-0.4, -0.2) is 32.1 Å². The highest BCUT2D eigenvalue weighted by Gasteiger charge is 2.33. The number of ether oxygens (including phenoxy) is 1. The molecule has 2 aromatic heterocycles. The van der Waals surface area contributed by atoms with E-state index in [1.807, 2.05) is 0 Å². The highest BCUT2D eigenvalue weighted by atomic mass is 19.4. The molecule has 0 radical (unpaired) electrons. The minimum Gasteiger partial charge on any atom is -0.406 e. The van der Waals surface area contributed by atoms with Crippen LogP contribution in [0.4, 0.5) is 17.6 Å². The van der Waals surface area contributed by atoms with Crippen molar-refractivity contribution < 1.29 is 27.1 Å². The Kier molecular flexibility index (Phi) is 5.87. The average molecular weight is 436 g/mol. The van der Waals surface area contributed by atoms with E-state index in [1.54, 1.807) is 19.9 Å². The minimum atomic E-state index is -4.95. The predicted octanol–water partition coefficient (Wildman–Crippen LogP) is 3.82. The number of carbonyl (C=O) groups excluding carboxylic acids is 1. The van der Waals surface area contributed by atoms with E-state index >= 15 is 0 Å². The fraction of sp³-hybridized carbons (Fsp3) is 0.250. The maximum absolute atomic E-state index is 14.5. The molecule has 31 heavy (non-hydrogen) atoms. The highest BCUT2D eigenvalue weighted by Crippen LogP contribution is 2.33. The van der Waals surface area contributed by atoms with Crippen molar-refractivity contribution in [2.24, 2.45) is 0 Å². The van der Waals surface area contributed by atoms with E-state index in [9.17, 15) is 27.2 Å². The van der Waals surface area contributed by atoms with Crippen LogP contribution in [-0.2, 0) is 5.41 Å². The second-order valence-corrected chi connectivity index (χ2v) is 7.22. The van der Waals surface area contributed by atoms with Crippen LogP contribution in [0.15, 0.2) is 47.5 Å². The SMILES string of the molecule is CC(C)(CC(=O)c1cc(=O)[nH]c(-c2ncccn2)n1)c1ccc(OC(F)(F)F)cc1F. The zero-order valence-electron chi connectivity index (χ0n) is 16.3. The van der Waals surface area contributed by atoms with Gasteiger partial charge in [0.2, 0.25) is 0 Å². The van der Waals surface area contributed by atoms with Gasteiger partial charge in [-0.3, -0.25) is 9.59 Å². The van der Waals surface area contributed by atoms with Gasteiger partial charge in [0.15, 0.2) is 17.4 Å². The summed E-state index contributed by atoms with van der Waals surface area (Å²) in [6.07, 6.45) is -2.34. The quantitative estimate of drug-likeness (QED) is 0.466. The Morgan fingerprint density at radius 1 is 1.13 bits per heavy atom. The molecule has 1 N–H and O–H groups in total. The van der Waals surface area contributed by atoms with Gasteiger partial charge in [-0.1, -0.05) is 19.9 Å². The number of aromatic amines is 1. The molecular weight excluding hydrogens is 420 g/mol. The largest absolute Gasteiger partial charge is 0.573 e. The number of hydrogen-bond donors (Lipinski definition) is 1. The van der Waals surface area contributed by atoms with Crippen LogP contribution in [0.3, 0.4) is 0 Å².